The van der Waals surface area contributed by atoms with Crippen LogP contribution in [0.25, 0.3) is 0 Å². The van der Waals surface area contributed by atoms with Gasteiger partial charge < -0.3 is 9.73 Å². The normalized spacial score (nSPS) is 10.1. The van der Waals surface area contributed by atoms with E-state index >= 15 is 0 Å². The average molecular weight is 215 g/mol. The number of carbonyl (C=O) groups excluding carboxylic acids is 1. The van der Waals surface area contributed by atoms with Crippen molar-refractivity contribution < 1.29 is 9.21 Å². The molecule has 0 spiro atoms. The van der Waals surface area contributed by atoms with Crippen LogP contribution in [0.2, 0.25) is 0 Å². The van der Waals surface area contributed by atoms with Gasteiger partial charge >= 0.3 is 0 Å². The second kappa shape index (κ2) is 4.66. The van der Waals surface area contributed by atoms with Crippen LogP contribution >= 0.6 is 0 Å². The molecule has 82 valence electrons. The number of hydrogen-bond acceptors (Lipinski definition) is 2. The maximum atomic E-state index is 11.6. The van der Waals surface area contributed by atoms with Crippen LogP contribution in [-0.2, 0) is 6.54 Å². The number of aryl methyl sites for hydroxylation is 1. The van der Waals surface area contributed by atoms with E-state index in [1.807, 2.05) is 37.3 Å². The molecule has 1 N–H and O–H groups in total. The predicted octanol–water partition coefficient (Wildman–Crippen LogP) is 2.52. The van der Waals surface area contributed by atoms with E-state index in [9.17, 15) is 4.79 Å². The van der Waals surface area contributed by atoms with Gasteiger partial charge in [-0.2, -0.15) is 0 Å². The smallest absolute Gasteiger partial charge is 0.287 e. The zero-order chi connectivity index (χ0) is 11.4. The van der Waals surface area contributed by atoms with Gasteiger partial charge in [0.15, 0.2) is 5.76 Å². The van der Waals surface area contributed by atoms with Gasteiger partial charge in [0.1, 0.15) is 5.76 Å². The van der Waals surface area contributed by atoms with E-state index in [0.717, 1.165) is 11.3 Å². The van der Waals surface area contributed by atoms with Crippen molar-refractivity contribution in [3.05, 3.63) is 59.5 Å². The van der Waals surface area contributed by atoms with Crippen molar-refractivity contribution in [2.24, 2.45) is 0 Å². The lowest BCUT2D eigenvalue weighted by Gasteiger charge is -2.02. The third kappa shape index (κ3) is 2.51. The summed E-state index contributed by atoms with van der Waals surface area (Å²) < 4.78 is 5.22. The lowest BCUT2D eigenvalue weighted by atomic mass is 10.2. The molecule has 0 fully saturated rings. The number of benzene rings is 1. The Morgan fingerprint density at radius 3 is 2.56 bits per heavy atom. The third-order valence-corrected chi connectivity index (χ3v) is 2.26. The summed E-state index contributed by atoms with van der Waals surface area (Å²) in [5.74, 6) is 0.912. The minimum atomic E-state index is -0.183. The first-order valence-electron chi connectivity index (χ1n) is 5.14. The molecule has 1 amide bonds. The summed E-state index contributed by atoms with van der Waals surface area (Å²) >= 11 is 0. The summed E-state index contributed by atoms with van der Waals surface area (Å²) in [6.45, 7) is 2.33. The molecule has 0 bridgehead atoms. The van der Waals surface area contributed by atoms with Gasteiger partial charge in [-0.25, -0.2) is 0 Å². The molecule has 2 aromatic rings. The molecular formula is C13H13NO2. The third-order valence-electron chi connectivity index (χ3n) is 2.26. The highest BCUT2D eigenvalue weighted by Gasteiger charge is 2.08. The second-order valence-electron chi connectivity index (χ2n) is 3.58. The van der Waals surface area contributed by atoms with E-state index < -0.39 is 0 Å². The van der Waals surface area contributed by atoms with Gasteiger partial charge in [0, 0.05) is 6.54 Å². The number of carbonyl (C=O) groups is 1. The van der Waals surface area contributed by atoms with Crippen molar-refractivity contribution in [1.29, 1.82) is 0 Å². The van der Waals surface area contributed by atoms with Gasteiger partial charge in [-0.3, -0.25) is 4.79 Å². The number of hydrogen-bond donors (Lipinski definition) is 1. The first kappa shape index (κ1) is 10.5. The van der Waals surface area contributed by atoms with E-state index in [1.54, 1.807) is 12.1 Å². The largest absolute Gasteiger partial charge is 0.456 e. The quantitative estimate of drug-likeness (QED) is 0.854. The molecule has 1 aromatic carbocycles. The SMILES string of the molecule is Cc1ccc(C(=O)NCc2ccccc2)o1. The van der Waals surface area contributed by atoms with Gasteiger partial charge in [-0.15, -0.1) is 0 Å². The molecule has 3 nitrogen and oxygen atoms in total. The number of amides is 1. The highest BCUT2D eigenvalue weighted by molar-refractivity contribution is 5.91. The van der Waals surface area contributed by atoms with E-state index in [2.05, 4.69) is 5.32 Å². The number of nitrogens with one attached hydrogen (secondary N) is 1. The van der Waals surface area contributed by atoms with Crippen molar-refractivity contribution in [2.75, 3.05) is 0 Å². The van der Waals surface area contributed by atoms with E-state index in [0.29, 0.717) is 12.3 Å². The summed E-state index contributed by atoms with van der Waals surface area (Å²) in [6, 6.07) is 13.2. The van der Waals surface area contributed by atoms with Gasteiger partial charge in [0.05, 0.1) is 0 Å². The minimum Gasteiger partial charge on any atom is -0.456 e. The van der Waals surface area contributed by atoms with Crippen LogP contribution in [0.3, 0.4) is 0 Å². The van der Waals surface area contributed by atoms with Gasteiger partial charge in [-0.05, 0) is 24.6 Å². The first-order valence-corrected chi connectivity index (χ1v) is 5.14. The maximum absolute atomic E-state index is 11.6. The van der Waals surface area contributed by atoms with Gasteiger partial charge in [0.25, 0.3) is 5.91 Å². The van der Waals surface area contributed by atoms with Gasteiger partial charge in [0.2, 0.25) is 0 Å². The molecule has 3 heteroatoms. The number of furan rings is 1. The van der Waals surface area contributed by atoms with E-state index in [4.69, 9.17) is 4.42 Å². The monoisotopic (exact) mass is 215 g/mol. The van der Waals surface area contributed by atoms with Crippen molar-refractivity contribution in [3.63, 3.8) is 0 Å². The van der Waals surface area contributed by atoms with Crippen LogP contribution < -0.4 is 5.32 Å². The first-order chi connectivity index (χ1) is 7.75. The average Bonchev–Trinajstić information content (AvgIpc) is 2.74. The Kier molecular flexibility index (Phi) is 3.05. The number of rotatable bonds is 3. The maximum Gasteiger partial charge on any atom is 0.287 e. The predicted molar refractivity (Wildman–Crippen MR) is 61.1 cm³/mol. The van der Waals surface area contributed by atoms with Crippen LogP contribution in [0.15, 0.2) is 46.9 Å². The molecule has 2 rings (SSSR count). The molecule has 1 heterocycles. The molecular weight excluding hydrogens is 202 g/mol. The molecule has 0 aliphatic carbocycles. The molecule has 0 radical (unpaired) electrons. The summed E-state index contributed by atoms with van der Waals surface area (Å²) in [4.78, 5) is 11.6. The summed E-state index contributed by atoms with van der Waals surface area (Å²) in [5.41, 5.74) is 1.07. The van der Waals surface area contributed by atoms with Gasteiger partial charge in [-0.1, -0.05) is 30.3 Å². The summed E-state index contributed by atoms with van der Waals surface area (Å²) in [5, 5.41) is 2.80. The fourth-order valence-electron chi connectivity index (χ4n) is 1.42. The molecule has 0 aliphatic rings. The summed E-state index contributed by atoms with van der Waals surface area (Å²) in [7, 11) is 0. The van der Waals surface area contributed by atoms with Crippen molar-refractivity contribution >= 4 is 5.91 Å². The van der Waals surface area contributed by atoms with Crippen molar-refractivity contribution in [2.45, 2.75) is 13.5 Å². The standard InChI is InChI=1S/C13H13NO2/c1-10-7-8-12(16-10)13(15)14-9-11-5-3-2-4-6-11/h2-8H,9H2,1H3,(H,14,15). The Hall–Kier alpha value is -2.03. The lowest BCUT2D eigenvalue weighted by Crippen LogP contribution is -2.22. The Bertz CT molecular complexity index is 474. The zero-order valence-corrected chi connectivity index (χ0v) is 9.07. The molecule has 0 atom stereocenters. The molecule has 0 aliphatic heterocycles. The highest BCUT2D eigenvalue weighted by Crippen LogP contribution is 2.06. The van der Waals surface area contributed by atoms with Crippen molar-refractivity contribution in [1.82, 2.24) is 5.32 Å². The molecule has 16 heavy (non-hydrogen) atoms. The highest BCUT2D eigenvalue weighted by atomic mass is 16.3. The van der Waals surface area contributed by atoms with Crippen LogP contribution in [-0.4, -0.2) is 5.91 Å². The van der Waals surface area contributed by atoms with Crippen LogP contribution in [0, 0.1) is 6.92 Å². The molecule has 0 unspecified atom stereocenters. The Morgan fingerprint density at radius 2 is 1.94 bits per heavy atom. The van der Waals surface area contributed by atoms with Crippen LogP contribution in [0.1, 0.15) is 21.9 Å². The fraction of sp³-hybridized carbons (Fsp3) is 0.154. The molecule has 0 saturated carbocycles. The van der Waals surface area contributed by atoms with Crippen molar-refractivity contribution in [3.8, 4) is 0 Å². The topological polar surface area (TPSA) is 42.2 Å². The van der Waals surface area contributed by atoms with Crippen LogP contribution in [0.4, 0.5) is 0 Å². The fourth-order valence-corrected chi connectivity index (χ4v) is 1.42. The Balaban J connectivity index is 1.94. The molecule has 0 saturated heterocycles. The zero-order valence-electron chi connectivity index (χ0n) is 9.07. The Morgan fingerprint density at radius 1 is 1.19 bits per heavy atom. The lowest BCUT2D eigenvalue weighted by molar-refractivity contribution is 0.0922. The van der Waals surface area contributed by atoms with Crippen LogP contribution in [0.5, 0.6) is 0 Å². The minimum absolute atomic E-state index is 0.183. The summed E-state index contributed by atoms with van der Waals surface area (Å²) in [6.07, 6.45) is 0. The Labute approximate surface area is 94.1 Å². The second-order valence-corrected chi connectivity index (χ2v) is 3.58. The van der Waals surface area contributed by atoms with E-state index in [-0.39, 0.29) is 5.91 Å². The van der Waals surface area contributed by atoms with E-state index in [1.165, 1.54) is 0 Å². The molecule has 1 aromatic heterocycles.